The summed E-state index contributed by atoms with van der Waals surface area (Å²) in [6.07, 6.45) is 6.47. The van der Waals surface area contributed by atoms with Crippen molar-refractivity contribution < 1.29 is 12.6 Å². The van der Waals surface area contributed by atoms with E-state index in [4.69, 9.17) is 0 Å². The average molecular weight is 460 g/mol. The van der Waals surface area contributed by atoms with E-state index in [1.807, 2.05) is 23.9 Å². The molecule has 0 spiro atoms. The van der Waals surface area contributed by atoms with Gasteiger partial charge in [0.15, 0.2) is 0 Å². The van der Waals surface area contributed by atoms with Crippen molar-refractivity contribution in [2.45, 2.75) is 48.8 Å². The van der Waals surface area contributed by atoms with Gasteiger partial charge in [-0.05, 0) is 60.3 Å². The van der Waals surface area contributed by atoms with Crippen LogP contribution in [-0.2, 0) is 19.8 Å². The van der Waals surface area contributed by atoms with E-state index in [0.29, 0.717) is 12.8 Å². The molecule has 6 nitrogen and oxygen atoms in total. The Morgan fingerprint density at radius 3 is 2.46 bits per heavy atom. The Hall–Kier alpha value is -1.19. The number of hydrogen-bond acceptors (Lipinski definition) is 4. The lowest BCUT2D eigenvalue weighted by molar-refractivity contribution is 0.332. The van der Waals surface area contributed by atoms with E-state index in [9.17, 15) is 12.6 Å². The van der Waals surface area contributed by atoms with E-state index in [1.54, 1.807) is 12.1 Å². The van der Waals surface area contributed by atoms with Gasteiger partial charge >= 0.3 is 0 Å². The van der Waals surface area contributed by atoms with Crippen LogP contribution >= 0.6 is 15.9 Å². The third-order valence-electron chi connectivity index (χ3n) is 4.73. The maximum atomic E-state index is 13.2. The molecule has 0 bridgehead atoms. The minimum atomic E-state index is -3.94. The first-order chi connectivity index (χ1) is 12.2. The summed E-state index contributed by atoms with van der Waals surface area (Å²) in [6, 6.07) is 8.42. The molecule has 0 radical (unpaired) electrons. The molecular formula is C17H22BrN3O3S2. The Bertz CT molecular complexity index is 1010. The molecule has 142 valence electrons. The molecule has 0 aliphatic heterocycles. The average Bonchev–Trinajstić information content (AvgIpc) is 3.01. The largest absolute Gasteiger partial charge is 0.290 e. The van der Waals surface area contributed by atoms with Gasteiger partial charge in [-0.1, -0.05) is 24.1 Å². The van der Waals surface area contributed by atoms with Crippen LogP contribution in [0.2, 0.25) is 0 Å². The number of sulfonamides is 1. The van der Waals surface area contributed by atoms with Crippen LogP contribution in [0.1, 0.15) is 37.3 Å². The van der Waals surface area contributed by atoms with E-state index in [-0.39, 0.29) is 16.2 Å². The lowest BCUT2D eigenvalue weighted by Crippen LogP contribution is -2.29. The Kier molecular flexibility index (Phi) is 5.60. The summed E-state index contributed by atoms with van der Waals surface area (Å²) in [5, 5.41) is 4.10. The van der Waals surface area contributed by atoms with Gasteiger partial charge in [-0.2, -0.15) is 13.5 Å². The molecule has 1 aromatic carbocycles. The van der Waals surface area contributed by atoms with Crippen molar-refractivity contribution >= 4 is 35.7 Å². The summed E-state index contributed by atoms with van der Waals surface area (Å²) < 4.78 is 44.8. The van der Waals surface area contributed by atoms with Gasteiger partial charge in [0.2, 0.25) is 0 Å². The van der Waals surface area contributed by atoms with Gasteiger partial charge in [-0.3, -0.25) is 4.68 Å². The van der Waals surface area contributed by atoms with Crippen molar-refractivity contribution in [3.63, 3.8) is 0 Å². The maximum absolute atomic E-state index is 13.2. The van der Waals surface area contributed by atoms with E-state index < -0.39 is 19.8 Å². The summed E-state index contributed by atoms with van der Waals surface area (Å²) in [5.41, 5.74) is 0.960. The van der Waals surface area contributed by atoms with Crippen molar-refractivity contribution in [1.29, 1.82) is 0 Å². The Balaban J connectivity index is 1.87. The van der Waals surface area contributed by atoms with Crippen molar-refractivity contribution in [3.05, 3.63) is 46.7 Å². The molecule has 3 rings (SSSR count). The quantitative estimate of drug-likeness (QED) is 0.693. The van der Waals surface area contributed by atoms with Crippen molar-refractivity contribution in [3.8, 4) is 0 Å². The number of benzene rings is 1. The van der Waals surface area contributed by atoms with Gasteiger partial charge in [-0.15, -0.1) is 3.77 Å². The Morgan fingerprint density at radius 2 is 1.85 bits per heavy atom. The van der Waals surface area contributed by atoms with E-state index >= 15 is 0 Å². The fourth-order valence-corrected chi connectivity index (χ4v) is 7.64. The monoisotopic (exact) mass is 459 g/mol. The highest BCUT2D eigenvalue weighted by molar-refractivity contribution is 9.10. The molecule has 1 unspecified atom stereocenters. The summed E-state index contributed by atoms with van der Waals surface area (Å²) >= 11 is 3.34. The molecule has 3 atom stereocenters. The van der Waals surface area contributed by atoms with Crippen LogP contribution in [0.25, 0.3) is 0 Å². The molecule has 2 aromatic rings. The summed E-state index contributed by atoms with van der Waals surface area (Å²) in [4.78, 5) is 0.0843. The van der Waals surface area contributed by atoms with E-state index in [0.717, 1.165) is 23.0 Å². The van der Waals surface area contributed by atoms with Crippen molar-refractivity contribution in [1.82, 2.24) is 9.78 Å². The highest BCUT2D eigenvalue weighted by Gasteiger charge is 2.31. The number of nitrogens with zero attached hydrogens (tertiary/aromatic N) is 3. The molecule has 0 N–H and O–H groups in total. The molecule has 0 saturated heterocycles. The van der Waals surface area contributed by atoms with Crippen LogP contribution in [0.4, 0.5) is 0 Å². The molecule has 1 saturated carbocycles. The van der Waals surface area contributed by atoms with Gasteiger partial charge < -0.3 is 0 Å². The van der Waals surface area contributed by atoms with E-state index in [1.165, 1.54) is 18.4 Å². The van der Waals surface area contributed by atoms with Crippen molar-refractivity contribution in [2.24, 2.45) is 3.77 Å². The van der Waals surface area contributed by atoms with Crippen LogP contribution in [-0.4, -0.2) is 33.9 Å². The first-order valence-corrected chi connectivity index (χ1v) is 12.6. The lowest BCUT2D eigenvalue weighted by atomic mass is 9.95. The number of hydrogen-bond donors (Lipinski definition) is 0. The number of aryl methyl sites for hydroxylation is 1. The normalized spacial score (nSPS) is 23.3. The van der Waals surface area contributed by atoms with Crippen LogP contribution in [0, 0.1) is 6.92 Å². The fourth-order valence-electron chi connectivity index (χ4n) is 3.28. The van der Waals surface area contributed by atoms with Crippen molar-refractivity contribution in [2.75, 3.05) is 6.26 Å². The predicted octanol–water partition coefficient (Wildman–Crippen LogP) is 3.92. The molecule has 9 heteroatoms. The zero-order valence-electron chi connectivity index (χ0n) is 14.7. The fraction of sp³-hybridized carbons (Fsp3) is 0.471. The van der Waals surface area contributed by atoms with Crippen LogP contribution in [0.15, 0.2) is 49.8 Å². The summed E-state index contributed by atoms with van der Waals surface area (Å²) in [6.45, 7) is 1.88. The maximum Gasteiger partial charge on any atom is 0.290 e. The topological polar surface area (TPSA) is 81.4 Å². The number of rotatable bonds is 4. The van der Waals surface area contributed by atoms with Gasteiger partial charge in [-0.25, -0.2) is 4.21 Å². The highest BCUT2D eigenvalue weighted by Crippen LogP contribution is 2.33. The Labute approximate surface area is 163 Å². The SMILES string of the molecule is Cc1ccc(S(=O)(=O)N=S(C)(=O)[C@@H]2CCC[C@H](n3ccc(Br)n3)C2)cc1. The third-order valence-corrected chi connectivity index (χ3v) is 9.66. The molecule has 1 aromatic heterocycles. The molecule has 1 aliphatic rings. The Morgan fingerprint density at radius 1 is 1.15 bits per heavy atom. The first-order valence-electron chi connectivity index (χ1n) is 8.42. The standard InChI is InChI=1S/C17H22BrN3O3S2/c1-13-6-8-15(9-7-13)26(23,24)20-25(2,22)16-5-3-4-14(12-16)21-11-10-17(18)19-21/h6-11,14,16H,3-5,12H2,1-2H3/t14-,16+,25?/m0/s1. The summed E-state index contributed by atoms with van der Waals surface area (Å²) in [5.74, 6) is 0. The molecule has 26 heavy (non-hydrogen) atoms. The van der Waals surface area contributed by atoms with Crippen LogP contribution < -0.4 is 0 Å². The van der Waals surface area contributed by atoms with Gasteiger partial charge in [0.25, 0.3) is 10.0 Å². The minimum absolute atomic E-state index is 0.0843. The third kappa shape index (κ3) is 4.37. The van der Waals surface area contributed by atoms with Crippen LogP contribution in [0.5, 0.6) is 0 Å². The zero-order chi connectivity index (χ0) is 18.9. The predicted molar refractivity (Wildman–Crippen MR) is 106 cm³/mol. The molecule has 1 fully saturated rings. The number of aromatic nitrogens is 2. The van der Waals surface area contributed by atoms with Crippen LogP contribution in [0.3, 0.4) is 0 Å². The summed E-state index contributed by atoms with van der Waals surface area (Å²) in [7, 11) is -6.84. The van der Waals surface area contributed by atoms with Gasteiger partial charge in [0.05, 0.1) is 20.7 Å². The zero-order valence-corrected chi connectivity index (χ0v) is 17.9. The molecular weight excluding hydrogens is 438 g/mol. The van der Waals surface area contributed by atoms with E-state index in [2.05, 4.69) is 24.8 Å². The molecule has 0 amide bonds. The second-order valence-corrected chi connectivity index (χ2v) is 12.0. The lowest BCUT2D eigenvalue weighted by Gasteiger charge is -2.29. The smallest absolute Gasteiger partial charge is 0.269 e. The number of halogens is 1. The second-order valence-electron chi connectivity index (χ2n) is 6.78. The van der Waals surface area contributed by atoms with Gasteiger partial charge in [0.1, 0.15) is 4.60 Å². The first kappa shape index (κ1) is 19.6. The molecule has 1 heterocycles. The highest BCUT2D eigenvalue weighted by atomic mass is 79.9. The minimum Gasteiger partial charge on any atom is -0.269 e. The van der Waals surface area contributed by atoms with Gasteiger partial charge in [0, 0.05) is 17.7 Å². The molecule has 1 aliphatic carbocycles. The second kappa shape index (κ2) is 7.44.